The Balaban J connectivity index is 1.65. The van der Waals surface area contributed by atoms with Gasteiger partial charge in [-0.25, -0.2) is 14.2 Å². The van der Waals surface area contributed by atoms with Crippen molar-refractivity contribution >= 4 is 28.9 Å². The molecule has 2 N–H and O–H groups in total. The molecule has 0 saturated carbocycles. The summed E-state index contributed by atoms with van der Waals surface area (Å²) >= 11 is 0. The molecule has 2 saturated heterocycles. The van der Waals surface area contributed by atoms with E-state index in [4.69, 9.17) is 0 Å². The molecular formula is C32H33N2O4+. The van der Waals surface area contributed by atoms with Gasteiger partial charge in [0, 0.05) is 49.2 Å². The van der Waals surface area contributed by atoms with Gasteiger partial charge in [-0.15, -0.1) is 0 Å². The van der Waals surface area contributed by atoms with E-state index in [9.17, 15) is 19.8 Å². The van der Waals surface area contributed by atoms with E-state index in [1.54, 1.807) is 0 Å². The third-order valence-corrected chi connectivity index (χ3v) is 8.60. The fourth-order valence-electron chi connectivity index (χ4n) is 6.53. The summed E-state index contributed by atoms with van der Waals surface area (Å²) < 4.78 is 2.42. The van der Waals surface area contributed by atoms with Crippen LogP contribution in [0.1, 0.15) is 76.9 Å². The summed E-state index contributed by atoms with van der Waals surface area (Å²) in [6.07, 6.45) is 11.2. The highest BCUT2D eigenvalue weighted by molar-refractivity contribution is 6.08. The van der Waals surface area contributed by atoms with Crippen LogP contribution < -0.4 is 4.90 Å². The predicted octanol–water partition coefficient (Wildman–Crippen LogP) is 5.52. The van der Waals surface area contributed by atoms with E-state index in [0.29, 0.717) is 5.56 Å². The van der Waals surface area contributed by atoms with Crippen molar-refractivity contribution in [3.63, 3.8) is 0 Å². The van der Waals surface area contributed by atoms with Gasteiger partial charge in [-0.3, -0.25) is 0 Å². The first-order valence-corrected chi connectivity index (χ1v) is 13.5. The second-order valence-electron chi connectivity index (χ2n) is 11.2. The smallest absolute Gasteiger partial charge is 0.336 e. The van der Waals surface area contributed by atoms with E-state index in [1.165, 1.54) is 55.3 Å². The van der Waals surface area contributed by atoms with Crippen LogP contribution in [-0.4, -0.2) is 58.6 Å². The summed E-state index contributed by atoms with van der Waals surface area (Å²) in [7, 11) is 0. The molecule has 2 aromatic carbocycles. The molecule has 194 valence electrons. The predicted molar refractivity (Wildman–Crippen MR) is 149 cm³/mol. The lowest BCUT2D eigenvalue weighted by atomic mass is 9.64. The van der Waals surface area contributed by atoms with Crippen LogP contribution in [0, 0.1) is 0 Å². The highest BCUT2D eigenvalue weighted by Gasteiger charge is 2.40. The Morgan fingerprint density at radius 2 is 1.61 bits per heavy atom. The van der Waals surface area contributed by atoms with E-state index in [-0.39, 0.29) is 16.5 Å². The van der Waals surface area contributed by atoms with Gasteiger partial charge in [0.15, 0.2) is 5.71 Å². The summed E-state index contributed by atoms with van der Waals surface area (Å²) in [5.41, 5.74) is 7.66. The Hall–Kier alpha value is -3.93. The number of allylic oxidation sites excluding steroid dienone is 5. The zero-order chi connectivity index (χ0) is 26.6. The molecule has 2 aromatic rings. The van der Waals surface area contributed by atoms with Crippen molar-refractivity contribution in [1.29, 1.82) is 0 Å². The average molecular weight is 510 g/mol. The summed E-state index contributed by atoms with van der Waals surface area (Å²) in [5.74, 6) is -2.14. The first-order valence-electron chi connectivity index (χ1n) is 13.5. The first-order chi connectivity index (χ1) is 18.3. The SMILES string of the molecule is CC1(C)C2=CC(=[N+]3CCCC3)C=CC2=C(c2cc(C(=O)O)ccc2C(=O)O)c2ccc(N3CCCC3)cc21. The highest BCUT2D eigenvalue weighted by atomic mass is 16.4. The van der Waals surface area contributed by atoms with Crippen molar-refractivity contribution in [3.05, 3.63) is 93.6 Å². The molecule has 2 fully saturated rings. The number of nitrogens with zero attached hydrogens (tertiary/aromatic N) is 2. The van der Waals surface area contributed by atoms with Crippen LogP contribution in [0.3, 0.4) is 0 Å². The van der Waals surface area contributed by atoms with Crippen molar-refractivity contribution < 1.29 is 24.4 Å². The molecule has 0 bridgehead atoms. The molecule has 6 nitrogen and oxygen atoms in total. The lowest BCUT2D eigenvalue weighted by Crippen LogP contribution is -2.31. The van der Waals surface area contributed by atoms with Gasteiger partial charge in [0.1, 0.15) is 13.1 Å². The molecule has 0 spiro atoms. The molecule has 0 aromatic heterocycles. The van der Waals surface area contributed by atoms with Gasteiger partial charge in [-0.1, -0.05) is 19.9 Å². The Labute approximate surface area is 222 Å². The second kappa shape index (κ2) is 9.12. The minimum absolute atomic E-state index is 0.0767. The molecule has 6 rings (SSSR count). The fraction of sp³-hybridized carbons (Fsp3) is 0.344. The third-order valence-electron chi connectivity index (χ3n) is 8.60. The highest BCUT2D eigenvalue weighted by Crippen LogP contribution is 2.51. The molecule has 0 unspecified atom stereocenters. The third kappa shape index (κ3) is 3.90. The maximum absolute atomic E-state index is 12.4. The van der Waals surface area contributed by atoms with Gasteiger partial charge in [0.2, 0.25) is 0 Å². The van der Waals surface area contributed by atoms with Crippen LogP contribution in [0.2, 0.25) is 0 Å². The first kappa shape index (κ1) is 24.4. The lowest BCUT2D eigenvalue weighted by Gasteiger charge is -2.40. The Morgan fingerprint density at radius 1 is 0.868 bits per heavy atom. The zero-order valence-corrected chi connectivity index (χ0v) is 22.0. The molecule has 2 heterocycles. The Bertz CT molecular complexity index is 1490. The number of benzene rings is 2. The molecular weight excluding hydrogens is 476 g/mol. The maximum Gasteiger partial charge on any atom is 0.336 e. The fourth-order valence-corrected chi connectivity index (χ4v) is 6.53. The van der Waals surface area contributed by atoms with Gasteiger partial charge in [-0.2, -0.15) is 0 Å². The van der Waals surface area contributed by atoms with E-state index < -0.39 is 11.9 Å². The van der Waals surface area contributed by atoms with Crippen LogP contribution in [0.25, 0.3) is 5.57 Å². The van der Waals surface area contributed by atoms with Crippen molar-refractivity contribution in [1.82, 2.24) is 0 Å². The molecule has 6 heteroatoms. The number of fused-ring (bicyclic) bond motifs is 2. The quantitative estimate of drug-likeness (QED) is 0.531. The molecule has 2 aliphatic carbocycles. The average Bonchev–Trinajstić information content (AvgIpc) is 3.63. The number of aromatic carboxylic acids is 2. The topological polar surface area (TPSA) is 80.8 Å². The van der Waals surface area contributed by atoms with E-state index >= 15 is 0 Å². The molecule has 2 aliphatic heterocycles. The van der Waals surface area contributed by atoms with E-state index in [2.05, 4.69) is 59.8 Å². The minimum atomic E-state index is -1.07. The van der Waals surface area contributed by atoms with Crippen molar-refractivity contribution in [3.8, 4) is 0 Å². The summed E-state index contributed by atoms with van der Waals surface area (Å²) in [6.45, 7) is 8.64. The van der Waals surface area contributed by atoms with Gasteiger partial charge in [-0.05, 0) is 82.7 Å². The van der Waals surface area contributed by atoms with E-state index in [1.807, 2.05) is 0 Å². The van der Waals surface area contributed by atoms with Crippen LogP contribution in [0.15, 0.2) is 65.8 Å². The summed E-state index contributed by atoms with van der Waals surface area (Å²) in [4.78, 5) is 26.7. The Morgan fingerprint density at radius 3 is 2.29 bits per heavy atom. The van der Waals surface area contributed by atoms with Crippen LogP contribution >= 0.6 is 0 Å². The summed E-state index contributed by atoms with van der Waals surface area (Å²) in [6, 6.07) is 10.8. The van der Waals surface area contributed by atoms with E-state index in [0.717, 1.165) is 54.0 Å². The molecule has 38 heavy (non-hydrogen) atoms. The molecule has 0 amide bonds. The van der Waals surface area contributed by atoms with Gasteiger partial charge < -0.3 is 15.1 Å². The minimum Gasteiger partial charge on any atom is -0.478 e. The lowest BCUT2D eigenvalue weighted by molar-refractivity contribution is -0.504. The standard InChI is InChI=1S/C32H32N2O4/c1-32(2)27-18-21(33-13-3-4-14-33)8-11-24(27)29(26-17-20(30(35)36)7-10-23(26)31(37)38)25-12-9-22(19-28(25)32)34-15-5-6-16-34/h7-12,17-19H,3-6,13-16H2,1-2H3,(H-,35,36,37,38)/p+1. The number of anilines is 1. The second-order valence-corrected chi connectivity index (χ2v) is 11.2. The monoisotopic (exact) mass is 509 g/mol. The van der Waals surface area contributed by atoms with Crippen molar-refractivity contribution in [2.24, 2.45) is 0 Å². The number of carboxylic acids is 2. The number of carboxylic acid groups (broad SMARTS) is 2. The van der Waals surface area contributed by atoms with Crippen molar-refractivity contribution in [2.45, 2.75) is 44.9 Å². The largest absolute Gasteiger partial charge is 0.478 e. The van der Waals surface area contributed by atoms with Crippen LogP contribution in [0.5, 0.6) is 0 Å². The number of hydrogen-bond acceptors (Lipinski definition) is 3. The van der Waals surface area contributed by atoms with Gasteiger partial charge >= 0.3 is 11.9 Å². The van der Waals surface area contributed by atoms with Crippen LogP contribution in [-0.2, 0) is 5.41 Å². The maximum atomic E-state index is 12.4. The number of rotatable bonds is 4. The summed E-state index contributed by atoms with van der Waals surface area (Å²) in [5, 5.41) is 19.9. The van der Waals surface area contributed by atoms with Crippen LogP contribution in [0.4, 0.5) is 5.69 Å². The number of carbonyl (C=O) groups is 2. The zero-order valence-electron chi connectivity index (χ0n) is 22.0. The van der Waals surface area contributed by atoms with Gasteiger partial charge in [0.05, 0.1) is 11.1 Å². The van der Waals surface area contributed by atoms with Gasteiger partial charge in [0.25, 0.3) is 0 Å². The molecule has 0 radical (unpaired) electrons. The molecule has 0 atom stereocenters. The molecule has 4 aliphatic rings. The number of hydrogen-bond donors (Lipinski definition) is 2. The Kier molecular flexibility index (Phi) is 5.86. The van der Waals surface area contributed by atoms with Crippen molar-refractivity contribution in [2.75, 3.05) is 31.1 Å². The normalized spacial score (nSPS) is 19.9.